The molecule has 1 saturated heterocycles. The molecule has 2 aromatic carbocycles. The maximum atomic E-state index is 12.8. The molecular formula is C25H29N3O2S. The summed E-state index contributed by atoms with van der Waals surface area (Å²) in [5.41, 5.74) is 5.90. The van der Waals surface area contributed by atoms with Gasteiger partial charge in [-0.1, -0.05) is 24.3 Å². The SMILES string of the molecule is CC(C)Oc1ccc(CN2CCC(C(=O)Nc3cccc(-c4cscn4)c3)CC2)cc1. The highest BCUT2D eigenvalue weighted by atomic mass is 32.1. The molecule has 1 fully saturated rings. The number of ether oxygens (including phenoxy) is 1. The number of piperidine rings is 1. The van der Waals surface area contributed by atoms with E-state index in [-0.39, 0.29) is 17.9 Å². The fourth-order valence-electron chi connectivity index (χ4n) is 3.91. The first-order valence-corrected chi connectivity index (χ1v) is 11.8. The van der Waals surface area contributed by atoms with E-state index in [0.717, 1.165) is 55.2 Å². The molecule has 4 rings (SSSR count). The van der Waals surface area contributed by atoms with Crippen molar-refractivity contribution in [1.29, 1.82) is 0 Å². The number of anilines is 1. The van der Waals surface area contributed by atoms with Gasteiger partial charge in [-0.25, -0.2) is 4.98 Å². The smallest absolute Gasteiger partial charge is 0.227 e. The standard InChI is InChI=1S/C25H29N3O2S/c1-18(2)30-23-8-6-19(7-9-23)15-28-12-10-20(11-13-28)25(29)27-22-5-3-4-21(14-22)24-16-31-17-26-24/h3-9,14,16-18,20H,10-13,15H2,1-2H3,(H,27,29). The van der Waals surface area contributed by atoms with Crippen LogP contribution < -0.4 is 10.1 Å². The molecule has 5 nitrogen and oxygen atoms in total. The second-order valence-electron chi connectivity index (χ2n) is 8.30. The number of hydrogen-bond acceptors (Lipinski definition) is 5. The predicted octanol–water partition coefficient (Wildman–Crippen LogP) is 5.45. The van der Waals surface area contributed by atoms with Crippen LogP contribution in [-0.4, -0.2) is 35.0 Å². The Morgan fingerprint density at radius 2 is 1.97 bits per heavy atom. The second kappa shape index (κ2) is 10.1. The van der Waals surface area contributed by atoms with Crippen LogP contribution in [0, 0.1) is 5.92 Å². The van der Waals surface area contributed by atoms with Crippen LogP contribution in [0.25, 0.3) is 11.3 Å². The Morgan fingerprint density at radius 1 is 1.19 bits per heavy atom. The summed E-state index contributed by atoms with van der Waals surface area (Å²) < 4.78 is 5.72. The lowest BCUT2D eigenvalue weighted by Gasteiger charge is -2.31. The van der Waals surface area contributed by atoms with E-state index < -0.39 is 0 Å². The van der Waals surface area contributed by atoms with Crippen LogP contribution >= 0.6 is 11.3 Å². The lowest BCUT2D eigenvalue weighted by molar-refractivity contribution is -0.121. The molecule has 2 heterocycles. The van der Waals surface area contributed by atoms with Gasteiger partial charge in [-0.2, -0.15) is 0 Å². The van der Waals surface area contributed by atoms with Crippen molar-refractivity contribution >= 4 is 22.9 Å². The van der Waals surface area contributed by atoms with Gasteiger partial charge in [-0.15, -0.1) is 11.3 Å². The molecule has 0 saturated carbocycles. The predicted molar refractivity (Wildman–Crippen MR) is 126 cm³/mol. The van der Waals surface area contributed by atoms with Gasteiger partial charge in [-0.3, -0.25) is 9.69 Å². The largest absolute Gasteiger partial charge is 0.491 e. The molecule has 162 valence electrons. The third-order valence-corrected chi connectivity index (χ3v) is 6.10. The average molecular weight is 436 g/mol. The van der Waals surface area contributed by atoms with Gasteiger partial charge in [0.05, 0.1) is 17.3 Å². The number of thiazole rings is 1. The zero-order valence-corrected chi connectivity index (χ0v) is 18.9. The summed E-state index contributed by atoms with van der Waals surface area (Å²) in [4.78, 5) is 19.6. The first-order valence-electron chi connectivity index (χ1n) is 10.8. The molecule has 31 heavy (non-hydrogen) atoms. The van der Waals surface area contributed by atoms with E-state index in [1.165, 1.54) is 5.56 Å². The zero-order chi connectivity index (χ0) is 21.6. The van der Waals surface area contributed by atoms with Crippen molar-refractivity contribution in [3.8, 4) is 17.0 Å². The molecule has 0 spiro atoms. The summed E-state index contributed by atoms with van der Waals surface area (Å²) in [5, 5.41) is 5.12. The van der Waals surface area contributed by atoms with E-state index in [1.807, 2.05) is 61.1 Å². The van der Waals surface area contributed by atoms with E-state index in [2.05, 4.69) is 27.3 Å². The Hall–Kier alpha value is -2.70. The van der Waals surface area contributed by atoms with Gasteiger partial charge in [0, 0.05) is 29.1 Å². The number of likely N-dealkylation sites (tertiary alicyclic amines) is 1. The maximum absolute atomic E-state index is 12.8. The molecule has 0 atom stereocenters. The summed E-state index contributed by atoms with van der Waals surface area (Å²) in [7, 11) is 0. The monoisotopic (exact) mass is 435 g/mol. The topological polar surface area (TPSA) is 54.5 Å². The van der Waals surface area contributed by atoms with Crippen LogP contribution in [0.2, 0.25) is 0 Å². The Labute approximate surface area is 188 Å². The minimum Gasteiger partial charge on any atom is -0.491 e. The van der Waals surface area contributed by atoms with Gasteiger partial charge in [0.1, 0.15) is 5.75 Å². The zero-order valence-electron chi connectivity index (χ0n) is 18.1. The number of carbonyl (C=O) groups is 1. The van der Waals surface area contributed by atoms with Crippen LogP contribution in [0.4, 0.5) is 5.69 Å². The van der Waals surface area contributed by atoms with Crippen molar-refractivity contribution in [1.82, 2.24) is 9.88 Å². The molecule has 6 heteroatoms. The number of nitrogens with zero attached hydrogens (tertiary/aromatic N) is 2. The summed E-state index contributed by atoms with van der Waals surface area (Å²) in [6, 6.07) is 16.3. The molecule has 0 bridgehead atoms. The van der Waals surface area contributed by atoms with E-state index in [4.69, 9.17) is 4.74 Å². The molecule has 0 unspecified atom stereocenters. The van der Waals surface area contributed by atoms with Gasteiger partial charge in [0.15, 0.2) is 0 Å². The highest BCUT2D eigenvalue weighted by Gasteiger charge is 2.25. The van der Waals surface area contributed by atoms with Gasteiger partial charge in [0.2, 0.25) is 5.91 Å². The Kier molecular flexibility index (Phi) is 6.99. The summed E-state index contributed by atoms with van der Waals surface area (Å²) in [6.45, 7) is 6.84. The van der Waals surface area contributed by atoms with Crippen molar-refractivity contribution in [2.45, 2.75) is 39.3 Å². The minimum absolute atomic E-state index is 0.0565. The highest BCUT2D eigenvalue weighted by molar-refractivity contribution is 7.07. The molecule has 1 N–H and O–H groups in total. The van der Waals surface area contributed by atoms with Crippen LogP contribution in [0.15, 0.2) is 59.4 Å². The van der Waals surface area contributed by atoms with Crippen molar-refractivity contribution in [2.24, 2.45) is 5.92 Å². The Morgan fingerprint density at radius 3 is 2.65 bits per heavy atom. The maximum Gasteiger partial charge on any atom is 0.227 e. The van der Waals surface area contributed by atoms with Crippen LogP contribution in [0.3, 0.4) is 0 Å². The number of nitrogens with one attached hydrogen (secondary N) is 1. The number of amides is 1. The first-order chi connectivity index (χ1) is 15.1. The van der Waals surface area contributed by atoms with E-state index in [0.29, 0.717) is 0 Å². The van der Waals surface area contributed by atoms with Gasteiger partial charge in [-0.05, 0) is 69.6 Å². The normalized spacial score (nSPS) is 15.2. The van der Waals surface area contributed by atoms with Crippen molar-refractivity contribution in [3.05, 3.63) is 65.0 Å². The third kappa shape index (κ3) is 5.93. The highest BCUT2D eigenvalue weighted by Crippen LogP contribution is 2.25. The van der Waals surface area contributed by atoms with Crippen LogP contribution in [0.1, 0.15) is 32.3 Å². The first kappa shape index (κ1) is 21.5. The number of aromatic nitrogens is 1. The molecule has 1 aromatic heterocycles. The fourth-order valence-corrected chi connectivity index (χ4v) is 4.47. The number of benzene rings is 2. The number of carbonyl (C=O) groups excluding carboxylic acids is 1. The van der Waals surface area contributed by atoms with Gasteiger partial charge >= 0.3 is 0 Å². The third-order valence-electron chi connectivity index (χ3n) is 5.52. The second-order valence-corrected chi connectivity index (χ2v) is 9.02. The average Bonchev–Trinajstić information content (AvgIpc) is 3.31. The quantitative estimate of drug-likeness (QED) is 0.536. The number of rotatable bonds is 7. The molecule has 1 aliphatic heterocycles. The van der Waals surface area contributed by atoms with Crippen molar-refractivity contribution in [3.63, 3.8) is 0 Å². The summed E-state index contributed by atoms with van der Waals surface area (Å²) in [5.74, 6) is 1.08. The van der Waals surface area contributed by atoms with E-state index in [1.54, 1.807) is 11.3 Å². The van der Waals surface area contributed by atoms with Crippen LogP contribution in [-0.2, 0) is 11.3 Å². The number of hydrogen-bond donors (Lipinski definition) is 1. The van der Waals surface area contributed by atoms with Crippen molar-refractivity contribution < 1.29 is 9.53 Å². The molecule has 0 radical (unpaired) electrons. The molecule has 1 aliphatic rings. The minimum atomic E-state index is 0.0565. The van der Waals surface area contributed by atoms with Crippen molar-refractivity contribution in [2.75, 3.05) is 18.4 Å². The lowest BCUT2D eigenvalue weighted by Crippen LogP contribution is -2.37. The Bertz CT molecular complexity index is 978. The van der Waals surface area contributed by atoms with Gasteiger partial charge in [0.25, 0.3) is 0 Å². The summed E-state index contributed by atoms with van der Waals surface area (Å²) in [6.07, 6.45) is 1.95. The van der Waals surface area contributed by atoms with E-state index >= 15 is 0 Å². The Balaban J connectivity index is 1.27. The molecule has 0 aliphatic carbocycles. The molecule has 3 aromatic rings. The molecule has 1 amide bonds. The lowest BCUT2D eigenvalue weighted by atomic mass is 9.95. The fraction of sp³-hybridized carbons (Fsp3) is 0.360. The summed E-state index contributed by atoms with van der Waals surface area (Å²) >= 11 is 1.57. The molecular weight excluding hydrogens is 406 g/mol. The van der Waals surface area contributed by atoms with Gasteiger partial charge < -0.3 is 10.1 Å². The van der Waals surface area contributed by atoms with E-state index in [9.17, 15) is 4.79 Å². The van der Waals surface area contributed by atoms with Crippen LogP contribution in [0.5, 0.6) is 5.75 Å².